The molecule has 8 nitrogen and oxygen atoms in total. The first kappa shape index (κ1) is 22.8. The number of anilines is 1. The lowest BCUT2D eigenvalue weighted by molar-refractivity contribution is -0.0962. The van der Waals surface area contributed by atoms with Crippen molar-refractivity contribution in [3.63, 3.8) is 0 Å². The normalized spacial score (nSPS) is 12.3. The number of hydrogen-bond donors (Lipinski definition) is 2. The summed E-state index contributed by atoms with van der Waals surface area (Å²) in [5, 5.41) is 3.00. The molecule has 0 radical (unpaired) electrons. The average Bonchev–Trinajstić information content (AvgIpc) is 2.70. The van der Waals surface area contributed by atoms with E-state index < -0.39 is 10.0 Å². The molecule has 0 spiro atoms. The molecule has 0 saturated carbocycles. The van der Waals surface area contributed by atoms with Crippen LogP contribution in [0.2, 0.25) is 0 Å². The number of benzene rings is 1. The van der Waals surface area contributed by atoms with Crippen LogP contribution in [0.1, 0.15) is 31.2 Å². The average molecular weight is 420 g/mol. The first-order valence-corrected chi connectivity index (χ1v) is 11.4. The molecule has 0 aliphatic carbocycles. The number of rotatable bonds is 12. The largest absolute Gasteiger partial charge is 0.370 e. The topological polar surface area (TPSA) is 110 Å². The fourth-order valence-electron chi connectivity index (χ4n) is 2.58. The molecule has 2 aromatic rings. The van der Waals surface area contributed by atoms with Crippen molar-refractivity contribution in [3.05, 3.63) is 60.4 Å². The van der Waals surface area contributed by atoms with E-state index in [1.165, 1.54) is 0 Å². The molecule has 0 aliphatic heterocycles. The fraction of sp³-hybridized carbons (Fsp3) is 0.400. The maximum atomic E-state index is 11.9. The zero-order valence-electron chi connectivity index (χ0n) is 16.7. The van der Waals surface area contributed by atoms with Gasteiger partial charge in [-0.25, -0.2) is 8.42 Å². The van der Waals surface area contributed by atoms with Crippen LogP contribution in [-0.4, -0.2) is 43.2 Å². The Kier molecular flexibility index (Phi) is 9.55. The highest BCUT2D eigenvalue weighted by molar-refractivity contribution is 7.88. The third kappa shape index (κ3) is 9.51. The summed E-state index contributed by atoms with van der Waals surface area (Å²) in [6.07, 6.45) is 7.93. The second kappa shape index (κ2) is 12.2. The van der Waals surface area contributed by atoms with Crippen LogP contribution < -0.4 is 11.1 Å². The maximum absolute atomic E-state index is 11.9. The van der Waals surface area contributed by atoms with Gasteiger partial charge < -0.3 is 11.1 Å². The smallest absolute Gasteiger partial charge is 0.233 e. The lowest BCUT2D eigenvalue weighted by Gasteiger charge is -2.19. The van der Waals surface area contributed by atoms with Gasteiger partial charge in [-0.3, -0.25) is 14.8 Å². The van der Waals surface area contributed by atoms with Gasteiger partial charge in [-0.2, -0.15) is 0 Å². The van der Waals surface area contributed by atoms with Gasteiger partial charge in [-0.05, 0) is 30.5 Å². The molecule has 29 heavy (non-hydrogen) atoms. The molecular formula is C20H29N5O3S. The van der Waals surface area contributed by atoms with Crippen LogP contribution in [0.15, 0.2) is 59.9 Å². The summed E-state index contributed by atoms with van der Waals surface area (Å²) in [6.45, 7) is 1.18. The molecule has 0 fully saturated rings. The minimum atomic E-state index is -3.41. The number of nitrogens with zero attached hydrogens (tertiary/aromatic N) is 3. The molecule has 0 atom stereocenters. The maximum Gasteiger partial charge on any atom is 0.233 e. The van der Waals surface area contributed by atoms with Crippen LogP contribution in [0.4, 0.5) is 5.69 Å². The highest BCUT2D eigenvalue weighted by Crippen LogP contribution is 2.10. The Balaban J connectivity index is 1.63. The first-order valence-electron chi connectivity index (χ1n) is 9.56. The van der Waals surface area contributed by atoms with Crippen LogP contribution >= 0.6 is 0 Å². The van der Waals surface area contributed by atoms with Crippen molar-refractivity contribution in [2.24, 2.45) is 10.7 Å². The van der Waals surface area contributed by atoms with E-state index in [1.54, 1.807) is 12.4 Å². The Morgan fingerprint density at radius 1 is 1.10 bits per heavy atom. The zero-order chi connectivity index (χ0) is 21.0. The number of hydroxylamine groups is 1. The number of hydrogen-bond acceptors (Lipinski definition) is 5. The minimum absolute atomic E-state index is 0.229. The zero-order valence-corrected chi connectivity index (χ0v) is 17.5. The van der Waals surface area contributed by atoms with E-state index in [1.807, 2.05) is 42.5 Å². The number of pyridine rings is 1. The number of sulfonamides is 1. The Morgan fingerprint density at radius 3 is 2.48 bits per heavy atom. The summed E-state index contributed by atoms with van der Waals surface area (Å²) in [7, 11) is -3.41. The number of nitrogens with two attached hydrogens (primary N) is 1. The van der Waals surface area contributed by atoms with Crippen molar-refractivity contribution in [1.29, 1.82) is 0 Å². The van der Waals surface area contributed by atoms with Crippen molar-refractivity contribution in [3.8, 4) is 0 Å². The third-order valence-corrected chi connectivity index (χ3v) is 5.10. The summed E-state index contributed by atoms with van der Waals surface area (Å²) in [5.41, 5.74) is 7.62. The highest BCUT2D eigenvalue weighted by Gasteiger charge is 2.17. The minimum Gasteiger partial charge on any atom is -0.370 e. The second-order valence-corrected chi connectivity index (χ2v) is 8.46. The van der Waals surface area contributed by atoms with Gasteiger partial charge in [0.05, 0.1) is 12.9 Å². The van der Waals surface area contributed by atoms with E-state index in [2.05, 4.69) is 15.3 Å². The molecular weight excluding hydrogens is 390 g/mol. The number of aromatic nitrogens is 1. The predicted molar refractivity (Wildman–Crippen MR) is 116 cm³/mol. The summed E-state index contributed by atoms with van der Waals surface area (Å²) >= 11 is 0. The van der Waals surface area contributed by atoms with Gasteiger partial charge in [-0.15, -0.1) is 0 Å². The molecule has 0 bridgehead atoms. The second-order valence-electron chi connectivity index (χ2n) is 6.59. The molecule has 0 aliphatic rings. The van der Waals surface area contributed by atoms with Crippen molar-refractivity contribution < 1.29 is 13.3 Å². The molecule has 0 saturated heterocycles. The molecule has 1 aromatic carbocycles. The van der Waals surface area contributed by atoms with Gasteiger partial charge >= 0.3 is 0 Å². The number of nitrogens with one attached hydrogen (secondary N) is 1. The summed E-state index contributed by atoms with van der Waals surface area (Å²) in [5.74, 6) is 0.369. The van der Waals surface area contributed by atoms with E-state index in [4.69, 9.17) is 10.6 Å². The lowest BCUT2D eigenvalue weighted by Crippen LogP contribution is -2.31. The van der Waals surface area contributed by atoms with E-state index in [0.717, 1.165) is 47.7 Å². The summed E-state index contributed by atoms with van der Waals surface area (Å²) in [6, 6.07) is 13.1. The van der Waals surface area contributed by atoms with Gasteiger partial charge in [0, 0.05) is 31.2 Å². The van der Waals surface area contributed by atoms with Crippen LogP contribution in [0, 0.1) is 0 Å². The van der Waals surface area contributed by atoms with Crippen LogP contribution in [-0.2, 0) is 21.5 Å². The van der Waals surface area contributed by atoms with Gasteiger partial charge in [0.25, 0.3) is 0 Å². The molecule has 9 heteroatoms. The first-order chi connectivity index (χ1) is 13.9. The number of aliphatic imine (C=N–C) groups is 1. The Labute approximate surface area is 172 Å². The molecule has 0 amide bonds. The van der Waals surface area contributed by atoms with Gasteiger partial charge in [0.1, 0.15) is 0 Å². The van der Waals surface area contributed by atoms with Crippen LogP contribution in [0.3, 0.4) is 0 Å². The molecule has 0 unspecified atom stereocenters. The number of unbranched alkanes of at least 4 members (excludes halogenated alkanes) is 3. The van der Waals surface area contributed by atoms with E-state index in [0.29, 0.717) is 19.0 Å². The van der Waals surface area contributed by atoms with Crippen LogP contribution in [0.25, 0.3) is 0 Å². The summed E-state index contributed by atoms with van der Waals surface area (Å²) < 4.78 is 24.9. The third-order valence-electron chi connectivity index (χ3n) is 4.07. The summed E-state index contributed by atoms with van der Waals surface area (Å²) in [4.78, 5) is 13.7. The molecule has 2 rings (SSSR count). The molecule has 1 aromatic heterocycles. The lowest BCUT2D eigenvalue weighted by atomic mass is 10.2. The van der Waals surface area contributed by atoms with E-state index in [-0.39, 0.29) is 6.61 Å². The van der Waals surface area contributed by atoms with Crippen molar-refractivity contribution in [2.45, 2.75) is 32.3 Å². The Morgan fingerprint density at radius 2 is 1.79 bits per heavy atom. The number of guanidine groups is 1. The van der Waals surface area contributed by atoms with E-state index >= 15 is 0 Å². The molecule has 3 N–H and O–H groups in total. The SMILES string of the molecule is CS(=O)(=O)N(CCCCCCN=C(N)Nc1ccncc1)OCc1ccccc1. The highest BCUT2D eigenvalue weighted by atomic mass is 32.2. The van der Waals surface area contributed by atoms with Crippen LogP contribution in [0.5, 0.6) is 0 Å². The van der Waals surface area contributed by atoms with Crippen molar-refractivity contribution in [2.75, 3.05) is 24.7 Å². The standard InChI is InChI=1S/C20H29N5O3S/c1-29(26,27)25(28-17-18-9-5-4-6-10-18)16-8-3-2-7-13-23-20(21)24-19-11-14-22-15-12-19/h4-6,9-12,14-15H,2-3,7-8,13,16-17H2,1H3,(H3,21,22,23,24). The van der Waals surface area contributed by atoms with Gasteiger partial charge in [0.15, 0.2) is 5.96 Å². The fourth-order valence-corrected chi connectivity index (χ4v) is 3.28. The quantitative estimate of drug-likeness (QED) is 0.237. The van der Waals surface area contributed by atoms with Gasteiger partial charge in [-0.1, -0.05) is 47.6 Å². The predicted octanol–water partition coefficient (Wildman–Crippen LogP) is 2.76. The van der Waals surface area contributed by atoms with Crippen molar-refractivity contribution >= 4 is 21.7 Å². The van der Waals surface area contributed by atoms with E-state index in [9.17, 15) is 8.42 Å². The molecule has 1 heterocycles. The Hall–Kier alpha value is -2.49. The van der Waals surface area contributed by atoms with Gasteiger partial charge in [0.2, 0.25) is 10.0 Å². The Bertz CT molecular complexity index is 845. The monoisotopic (exact) mass is 419 g/mol. The van der Waals surface area contributed by atoms with Crippen molar-refractivity contribution in [1.82, 2.24) is 9.45 Å². The molecule has 158 valence electrons.